The summed E-state index contributed by atoms with van der Waals surface area (Å²) >= 11 is 0. The Kier molecular flexibility index (Phi) is 2.94. The summed E-state index contributed by atoms with van der Waals surface area (Å²) in [5, 5.41) is 0. The second-order valence-electron chi connectivity index (χ2n) is 7.71. The van der Waals surface area contributed by atoms with E-state index in [-0.39, 0.29) is 28.8 Å². The number of carbonyl (C=O) groups is 2. The fourth-order valence-corrected chi connectivity index (χ4v) is 4.80. The quantitative estimate of drug-likeness (QED) is 0.655. The minimum Gasteiger partial charge on any atom is -0.294 e. The van der Waals surface area contributed by atoms with Gasteiger partial charge in [-0.05, 0) is 37.5 Å². The SMILES string of the molecule is CC1(C)CCCC2=C1CC1C(=O)c3ccccc3C(=O)C1C2. The van der Waals surface area contributed by atoms with Crippen molar-refractivity contribution < 1.29 is 9.59 Å². The van der Waals surface area contributed by atoms with Gasteiger partial charge in [0.25, 0.3) is 0 Å². The van der Waals surface area contributed by atoms with Gasteiger partial charge < -0.3 is 0 Å². The third kappa shape index (κ3) is 1.86. The zero-order valence-electron chi connectivity index (χ0n) is 13.3. The first kappa shape index (κ1) is 13.9. The number of carbonyl (C=O) groups excluding carboxylic acids is 2. The predicted octanol–water partition coefficient (Wildman–Crippen LogP) is 4.60. The van der Waals surface area contributed by atoms with Crippen LogP contribution in [0.5, 0.6) is 0 Å². The minimum absolute atomic E-state index is 0.116. The van der Waals surface area contributed by atoms with Crippen LogP contribution in [0, 0.1) is 17.3 Å². The molecule has 4 rings (SSSR count). The number of Topliss-reactive ketones (excluding diaryl/α,β-unsaturated/α-hetero) is 2. The molecule has 0 saturated heterocycles. The van der Waals surface area contributed by atoms with Gasteiger partial charge in [-0.1, -0.05) is 49.3 Å². The molecule has 0 spiro atoms. The van der Waals surface area contributed by atoms with E-state index in [1.165, 1.54) is 24.0 Å². The summed E-state index contributed by atoms with van der Waals surface area (Å²) in [6.07, 6.45) is 5.13. The van der Waals surface area contributed by atoms with Gasteiger partial charge in [0.05, 0.1) is 0 Å². The van der Waals surface area contributed by atoms with E-state index in [1.54, 1.807) is 0 Å². The van der Waals surface area contributed by atoms with Crippen LogP contribution in [-0.2, 0) is 0 Å². The summed E-state index contributed by atoms with van der Waals surface area (Å²) in [5.74, 6) is 0.136. The van der Waals surface area contributed by atoms with Crippen molar-refractivity contribution in [1.82, 2.24) is 0 Å². The lowest BCUT2D eigenvalue weighted by atomic mass is 9.59. The molecule has 0 fully saturated rings. The molecule has 0 aromatic heterocycles. The van der Waals surface area contributed by atoms with Crippen LogP contribution in [0.2, 0.25) is 0 Å². The van der Waals surface area contributed by atoms with Crippen molar-refractivity contribution in [3.05, 3.63) is 46.5 Å². The molecule has 22 heavy (non-hydrogen) atoms. The molecule has 3 aliphatic rings. The zero-order chi connectivity index (χ0) is 15.5. The molecule has 2 atom stereocenters. The largest absolute Gasteiger partial charge is 0.294 e. The van der Waals surface area contributed by atoms with Gasteiger partial charge in [-0.2, -0.15) is 0 Å². The number of rotatable bonds is 0. The molecule has 1 aromatic rings. The molecular weight excluding hydrogens is 272 g/mol. The van der Waals surface area contributed by atoms with Crippen LogP contribution >= 0.6 is 0 Å². The highest BCUT2D eigenvalue weighted by Crippen LogP contribution is 2.51. The molecule has 0 heterocycles. The maximum Gasteiger partial charge on any atom is 0.167 e. The monoisotopic (exact) mass is 294 g/mol. The number of ketones is 2. The summed E-state index contributed by atoms with van der Waals surface area (Å²) in [6.45, 7) is 4.59. The Balaban J connectivity index is 1.80. The molecule has 0 N–H and O–H groups in total. The predicted molar refractivity (Wildman–Crippen MR) is 86.0 cm³/mol. The van der Waals surface area contributed by atoms with E-state index in [0.29, 0.717) is 11.1 Å². The Morgan fingerprint density at radius 2 is 1.55 bits per heavy atom. The molecule has 0 bridgehead atoms. The Morgan fingerprint density at radius 1 is 0.955 bits per heavy atom. The van der Waals surface area contributed by atoms with Crippen molar-refractivity contribution in [3.8, 4) is 0 Å². The smallest absolute Gasteiger partial charge is 0.167 e. The first-order valence-electron chi connectivity index (χ1n) is 8.38. The maximum absolute atomic E-state index is 12.9. The summed E-state index contributed by atoms with van der Waals surface area (Å²) in [6, 6.07) is 7.37. The van der Waals surface area contributed by atoms with Gasteiger partial charge in [0, 0.05) is 23.0 Å². The van der Waals surface area contributed by atoms with Crippen molar-refractivity contribution in [2.24, 2.45) is 17.3 Å². The average Bonchev–Trinajstić information content (AvgIpc) is 2.51. The second-order valence-corrected chi connectivity index (χ2v) is 7.71. The molecule has 2 nitrogen and oxygen atoms in total. The fraction of sp³-hybridized carbons (Fsp3) is 0.500. The number of allylic oxidation sites excluding steroid dienone is 2. The number of hydrogen-bond donors (Lipinski definition) is 0. The van der Waals surface area contributed by atoms with Crippen molar-refractivity contribution in [3.63, 3.8) is 0 Å². The molecule has 2 heteroatoms. The Hall–Kier alpha value is -1.70. The molecule has 0 saturated carbocycles. The number of hydrogen-bond acceptors (Lipinski definition) is 2. The van der Waals surface area contributed by atoms with Gasteiger partial charge in [-0.25, -0.2) is 0 Å². The molecule has 1 aromatic carbocycles. The highest BCUT2D eigenvalue weighted by atomic mass is 16.1. The summed E-state index contributed by atoms with van der Waals surface area (Å²) < 4.78 is 0. The summed E-state index contributed by atoms with van der Waals surface area (Å²) in [7, 11) is 0. The Labute approximate surface area is 131 Å². The van der Waals surface area contributed by atoms with Gasteiger partial charge in [0.15, 0.2) is 11.6 Å². The Morgan fingerprint density at radius 3 is 2.18 bits per heavy atom. The van der Waals surface area contributed by atoms with E-state index in [1.807, 2.05) is 24.3 Å². The summed E-state index contributed by atoms with van der Waals surface area (Å²) in [4.78, 5) is 25.8. The van der Waals surface area contributed by atoms with E-state index < -0.39 is 0 Å². The van der Waals surface area contributed by atoms with Crippen LogP contribution in [0.15, 0.2) is 35.4 Å². The van der Waals surface area contributed by atoms with E-state index in [4.69, 9.17) is 0 Å². The fourth-order valence-electron chi connectivity index (χ4n) is 4.80. The van der Waals surface area contributed by atoms with Gasteiger partial charge in [-0.3, -0.25) is 9.59 Å². The van der Waals surface area contributed by atoms with Crippen LogP contribution < -0.4 is 0 Å². The second kappa shape index (κ2) is 4.65. The molecule has 0 aliphatic heterocycles. The average molecular weight is 294 g/mol. The maximum atomic E-state index is 12.9. The number of benzene rings is 1. The topological polar surface area (TPSA) is 34.1 Å². The van der Waals surface area contributed by atoms with E-state index in [2.05, 4.69) is 13.8 Å². The van der Waals surface area contributed by atoms with Gasteiger partial charge >= 0.3 is 0 Å². The molecule has 3 aliphatic carbocycles. The van der Waals surface area contributed by atoms with E-state index >= 15 is 0 Å². The molecule has 0 amide bonds. The number of fused-ring (bicyclic) bond motifs is 2. The molecule has 114 valence electrons. The highest BCUT2D eigenvalue weighted by molar-refractivity contribution is 6.16. The normalized spacial score (nSPS) is 29.7. The third-order valence-corrected chi connectivity index (χ3v) is 6.03. The lowest BCUT2D eigenvalue weighted by Gasteiger charge is -2.44. The molecule has 2 unspecified atom stereocenters. The molecular formula is C20H22O2. The van der Waals surface area contributed by atoms with Gasteiger partial charge in [0.1, 0.15) is 0 Å². The highest BCUT2D eigenvalue weighted by Gasteiger charge is 2.47. The van der Waals surface area contributed by atoms with Crippen LogP contribution in [-0.4, -0.2) is 11.6 Å². The van der Waals surface area contributed by atoms with E-state index in [9.17, 15) is 9.59 Å². The van der Waals surface area contributed by atoms with Gasteiger partial charge in [0.2, 0.25) is 0 Å². The van der Waals surface area contributed by atoms with Crippen LogP contribution in [0.3, 0.4) is 0 Å². The van der Waals surface area contributed by atoms with Crippen molar-refractivity contribution in [1.29, 1.82) is 0 Å². The molecule has 0 radical (unpaired) electrons. The zero-order valence-corrected chi connectivity index (χ0v) is 13.3. The van der Waals surface area contributed by atoms with Crippen molar-refractivity contribution in [2.45, 2.75) is 46.0 Å². The Bertz CT molecular complexity index is 708. The van der Waals surface area contributed by atoms with Crippen molar-refractivity contribution >= 4 is 11.6 Å². The first-order valence-corrected chi connectivity index (χ1v) is 8.38. The summed E-state index contributed by atoms with van der Waals surface area (Å²) in [5.41, 5.74) is 4.43. The van der Waals surface area contributed by atoms with Crippen LogP contribution in [0.25, 0.3) is 0 Å². The standard InChI is InChI=1S/C20H22O2/c1-20(2)9-5-6-12-10-15-16(11-17(12)20)19(22)14-8-4-3-7-13(14)18(15)21/h3-4,7-8,15-16H,5-6,9-11H2,1-2H3. The van der Waals surface area contributed by atoms with Crippen molar-refractivity contribution in [2.75, 3.05) is 0 Å². The van der Waals surface area contributed by atoms with E-state index in [0.717, 1.165) is 19.3 Å². The lowest BCUT2D eigenvalue weighted by molar-refractivity contribution is 0.0706. The van der Waals surface area contributed by atoms with Crippen LogP contribution in [0.1, 0.15) is 66.7 Å². The lowest BCUT2D eigenvalue weighted by Crippen LogP contribution is -2.41. The van der Waals surface area contributed by atoms with Crippen LogP contribution in [0.4, 0.5) is 0 Å². The third-order valence-electron chi connectivity index (χ3n) is 6.03. The van der Waals surface area contributed by atoms with Gasteiger partial charge in [-0.15, -0.1) is 0 Å². The first-order chi connectivity index (χ1) is 10.5. The minimum atomic E-state index is -0.126.